The van der Waals surface area contributed by atoms with Gasteiger partial charge in [0.15, 0.2) is 0 Å². The Morgan fingerprint density at radius 2 is 2.16 bits per heavy atom. The smallest absolute Gasteiger partial charge is 0.339 e. The monoisotopic (exact) mass is 258 g/mol. The Morgan fingerprint density at radius 3 is 2.84 bits per heavy atom. The van der Waals surface area contributed by atoms with Crippen LogP contribution in [0.15, 0.2) is 30.5 Å². The van der Waals surface area contributed by atoms with Gasteiger partial charge in [-0.15, -0.1) is 0 Å². The zero-order chi connectivity index (χ0) is 13.4. The first-order chi connectivity index (χ1) is 9.16. The molecular formula is C14H14N2O3. The van der Waals surface area contributed by atoms with Crippen LogP contribution in [0.5, 0.6) is 0 Å². The van der Waals surface area contributed by atoms with E-state index >= 15 is 0 Å². The normalized spacial score (nSPS) is 19.0. The van der Waals surface area contributed by atoms with Crippen LogP contribution in [0, 0.1) is 0 Å². The van der Waals surface area contributed by atoms with Crippen LogP contribution in [0.25, 0.3) is 10.9 Å². The highest BCUT2D eigenvalue weighted by molar-refractivity contribution is 6.04. The number of fused-ring (bicyclic) bond motifs is 1. The molecule has 0 bridgehead atoms. The first kappa shape index (κ1) is 11.9. The standard InChI is InChI=1S/C14H14N2O3/c17-9-5-6-16(8-9)13-10-3-1-2-4-12(10)15-7-11(13)14(18)19/h1-4,7,9,17H,5-6,8H2,(H,18,19). The molecular weight excluding hydrogens is 244 g/mol. The lowest BCUT2D eigenvalue weighted by Gasteiger charge is -2.21. The maximum absolute atomic E-state index is 11.4. The van der Waals surface area contributed by atoms with Gasteiger partial charge < -0.3 is 15.1 Å². The van der Waals surface area contributed by atoms with Crippen LogP contribution in [-0.4, -0.2) is 40.4 Å². The van der Waals surface area contributed by atoms with Gasteiger partial charge in [0.2, 0.25) is 0 Å². The van der Waals surface area contributed by atoms with Crippen LogP contribution in [0.1, 0.15) is 16.8 Å². The molecule has 2 heterocycles. The van der Waals surface area contributed by atoms with Crippen LogP contribution in [0.4, 0.5) is 5.69 Å². The quantitative estimate of drug-likeness (QED) is 0.854. The molecule has 1 aromatic heterocycles. The second-order valence-electron chi connectivity index (χ2n) is 4.73. The van der Waals surface area contributed by atoms with Crippen molar-refractivity contribution in [2.75, 3.05) is 18.0 Å². The van der Waals surface area contributed by atoms with Crippen molar-refractivity contribution in [1.82, 2.24) is 4.98 Å². The van der Waals surface area contributed by atoms with Gasteiger partial charge in [-0.1, -0.05) is 18.2 Å². The number of para-hydroxylation sites is 1. The lowest BCUT2D eigenvalue weighted by Crippen LogP contribution is -2.24. The van der Waals surface area contributed by atoms with Crippen molar-refractivity contribution in [3.8, 4) is 0 Å². The van der Waals surface area contributed by atoms with Crippen molar-refractivity contribution in [2.45, 2.75) is 12.5 Å². The Labute approximate surface area is 110 Å². The van der Waals surface area contributed by atoms with E-state index < -0.39 is 12.1 Å². The fourth-order valence-corrected chi connectivity index (χ4v) is 2.57. The molecule has 1 aliphatic heterocycles. The van der Waals surface area contributed by atoms with Crippen LogP contribution in [0.2, 0.25) is 0 Å². The third-order valence-electron chi connectivity index (χ3n) is 3.46. The van der Waals surface area contributed by atoms with E-state index in [9.17, 15) is 15.0 Å². The number of rotatable bonds is 2. The minimum Gasteiger partial charge on any atom is -0.478 e. The van der Waals surface area contributed by atoms with Crippen LogP contribution in [-0.2, 0) is 0 Å². The van der Waals surface area contributed by atoms with Gasteiger partial charge in [-0.05, 0) is 12.5 Å². The van der Waals surface area contributed by atoms with Crippen molar-refractivity contribution >= 4 is 22.6 Å². The number of benzene rings is 1. The molecule has 5 heteroatoms. The maximum Gasteiger partial charge on any atom is 0.339 e. The third kappa shape index (κ3) is 2.02. The molecule has 19 heavy (non-hydrogen) atoms. The molecule has 2 N–H and O–H groups in total. The molecule has 2 aromatic rings. The minimum absolute atomic E-state index is 0.188. The van der Waals surface area contributed by atoms with E-state index in [1.54, 1.807) is 0 Å². The first-order valence-electron chi connectivity index (χ1n) is 6.21. The highest BCUT2D eigenvalue weighted by atomic mass is 16.4. The number of aliphatic hydroxyl groups excluding tert-OH is 1. The molecule has 1 fully saturated rings. The molecule has 0 saturated carbocycles. The number of hydrogen-bond acceptors (Lipinski definition) is 4. The van der Waals surface area contributed by atoms with Gasteiger partial charge in [0, 0.05) is 24.7 Å². The molecule has 0 aliphatic carbocycles. The number of carboxylic acid groups (broad SMARTS) is 1. The topological polar surface area (TPSA) is 73.7 Å². The van der Waals surface area contributed by atoms with Crippen LogP contribution in [0.3, 0.4) is 0 Å². The third-order valence-corrected chi connectivity index (χ3v) is 3.46. The minimum atomic E-state index is -0.991. The lowest BCUT2D eigenvalue weighted by molar-refractivity contribution is 0.0697. The van der Waals surface area contributed by atoms with E-state index in [1.165, 1.54) is 6.20 Å². The number of anilines is 1. The van der Waals surface area contributed by atoms with Gasteiger partial charge in [0.05, 0.1) is 17.3 Å². The Bertz CT molecular complexity index is 642. The number of pyridine rings is 1. The summed E-state index contributed by atoms with van der Waals surface area (Å²) < 4.78 is 0. The Kier molecular flexibility index (Phi) is 2.83. The second kappa shape index (κ2) is 4.51. The molecule has 1 aromatic carbocycles. The zero-order valence-electron chi connectivity index (χ0n) is 10.3. The predicted octanol–water partition coefficient (Wildman–Crippen LogP) is 1.50. The Hall–Kier alpha value is -2.14. The molecule has 1 aliphatic rings. The summed E-state index contributed by atoms with van der Waals surface area (Å²) in [4.78, 5) is 17.5. The SMILES string of the molecule is O=C(O)c1cnc2ccccc2c1N1CCC(O)C1. The second-order valence-corrected chi connectivity index (χ2v) is 4.73. The highest BCUT2D eigenvalue weighted by Crippen LogP contribution is 2.32. The fourth-order valence-electron chi connectivity index (χ4n) is 2.57. The lowest BCUT2D eigenvalue weighted by atomic mass is 10.1. The molecule has 3 rings (SSSR count). The summed E-state index contributed by atoms with van der Waals surface area (Å²) in [6, 6.07) is 7.47. The Balaban J connectivity index is 2.23. The summed E-state index contributed by atoms with van der Waals surface area (Å²) >= 11 is 0. The van der Waals surface area contributed by atoms with E-state index in [1.807, 2.05) is 29.2 Å². The Morgan fingerprint density at radius 1 is 1.37 bits per heavy atom. The number of β-amino-alcohol motifs (C(OH)–C–C–N with tert-alkyl or cyclic N) is 1. The average molecular weight is 258 g/mol. The van der Waals surface area contributed by atoms with Crippen LogP contribution >= 0.6 is 0 Å². The molecule has 5 nitrogen and oxygen atoms in total. The predicted molar refractivity (Wildman–Crippen MR) is 71.5 cm³/mol. The van der Waals surface area contributed by atoms with E-state index in [2.05, 4.69) is 4.98 Å². The first-order valence-corrected chi connectivity index (χ1v) is 6.21. The molecule has 1 saturated heterocycles. The summed E-state index contributed by atoms with van der Waals surface area (Å²) in [5.74, 6) is -0.991. The number of hydrogen-bond donors (Lipinski definition) is 2. The van der Waals surface area contributed by atoms with E-state index in [4.69, 9.17) is 0 Å². The van der Waals surface area contributed by atoms with Crippen molar-refractivity contribution < 1.29 is 15.0 Å². The summed E-state index contributed by atoms with van der Waals surface area (Å²) in [6.07, 6.45) is 1.66. The van der Waals surface area contributed by atoms with Crippen molar-refractivity contribution in [2.24, 2.45) is 0 Å². The number of nitrogens with zero attached hydrogens (tertiary/aromatic N) is 2. The molecule has 98 valence electrons. The van der Waals surface area contributed by atoms with Gasteiger partial charge >= 0.3 is 5.97 Å². The van der Waals surface area contributed by atoms with Crippen molar-refractivity contribution in [3.63, 3.8) is 0 Å². The molecule has 0 amide bonds. The maximum atomic E-state index is 11.4. The average Bonchev–Trinajstić information content (AvgIpc) is 2.83. The van der Waals surface area contributed by atoms with Crippen LogP contribution < -0.4 is 4.90 Å². The fraction of sp³-hybridized carbons (Fsp3) is 0.286. The van der Waals surface area contributed by atoms with E-state index in [0.29, 0.717) is 25.2 Å². The summed E-state index contributed by atoms with van der Waals surface area (Å²) in [7, 11) is 0. The molecule has 1 unspecified atom stereocenters. The summed E-state index contributed by atoms with van der Waals surface area (Å²) in [5.41, 5.74) is 1.62. The van der Waals surface area contributed by atoms with Crippen molar-refractivity contribution in [3.05, 3.63) is 36.0 Å². The number of carboxylic acids is 1. The van der Waals surface area contributed by atoms with E-state index in [-0.39, 0.29) is 5.56 Å². The van der Waals surface area contributed by atoms with Gasteiger partial charge in [0.1, 0.15) is 5.56 Å². The number of aromatic carboxylic acids is 1. The molecule has 1 atom stereocenters. The largest absolute Gasteiger partial charge is 0.478 e. The number of aromatic nitrogens is 1. The van der Waals surface area contributed by atoms with Gasteiger partial charge in [0.25, 0.3) is 0 Å². The van der Waals surface area contributed by atoms with E-state index in [0.717, 1.165) is 10.9 Å². The highest BCUT2D eigenvalue weighted by Gasteiger charge is 2.26. The van der Waals surface area contributed by atoms with Gasteiger partial charge in [-0.3, -0.25) is 4.98 Å². The summed E-state index contributed by atoms with van der Waals surface area (Å²) in [6.45, 7) is 1.13. The molecule has 0 spiro atoms. The van der Waals surface area contributed by atoms with Gasteiger partial charge in [-0.2, -0.15) is 0 Å². The molecule has 0 radical (unpaired) electrons. The zero-order valence-corrected chi connectivity index (χ0v) is 10.3. The summed E-state index contributed by atoms with van der Waals surface area (Å²) in [5, 5.41) is 19.8. The van der Waals surface area contributed by atoms with Gasteiger partial charge in [-0.25, -0.2) is 4.79 Å². The number of aliphatic hydroxyl groups is 1. The van der Waals surface area contributed by atoms with Crippen molar-refractivity contribution in [1.29, 1.82) is 0 Å². The number of carbonyl (C=O) groups is 1.